The highest BCUT2D eigenvalue weighted by Crippen LogP contribution is 2.34. The molecule has 6 rings (SSSR count). The van der Waals surface area contributed by atoms with E-state index in [1.165, 1.54) is 12.1 Å². The Hall–Kier alpha value is -5.16. The number of pyridine rings is 2. The van der Waals surface area contributed by atoms with Crippen molar-refractivity contribution < 1.29 is 13.9 Å². The molecule has 1 amide bonds. The van der Waals surface area contributed by atoms with Crippen LogP contribution in [-0.4, -0.2) is 68.2 Å². The van der Waals surface area contributed by atoms with E-state index in [4.69, 9.17) is 14.7 Å². The first-order valence-electron chi connectivity index (χ1n) is 14.6. The highest BCUT2D eigenvalue weighted by Gasteiger charge is 2.18. The zero-order valence-corrected chi connectivity index (χ0v) is 24.8. The Kier molecular flexibility index (Phi) is 8.29. The van der Waals surface area contributed by atoms with Gasteiger partial charge in [0.25, 0.3) is 0 Å². The SMILES string of the molecule is CCCCC(=O)Nc1cncc(-c2ccc3[nH]nc(-c4nc5c(-c6cc(F)cc(OCCN(C)C)c6)cccc5[nH]4)c3n2)c1. The zero-order valence-electron chi connectivity index (χ0n) is 24.8. The summed E-state index contributed by atoms with van der Waals surface area (Å²) in [6.07, 6.45) is 5.58. The highest BCUT2D eigenvalue weighted by atomic mass is 19.1. The zero-order chi connectivity index (χ0) is 30.6. The highest BCUT2D eigenvalue weighted by molar-refractivity contribution is 5.96. The molecule has 0 saturated carbocycles. The van der Waals surface area contributed by atoms with Crippen LogP contribution in [0.5, 0.6) is 5.75 Å². The number of carbonyl (C=O) groups is 1. The van der Waals surface area contributed by atoms with Crippen LogP contribution >= 0.6 is 0 Å². The first-order valence-corrected chi connectivity index (χ1v) is 14.6. The Morgan fingerprint density at radius 3 is 2.73 bits per heavy atom. The van der Waals surface area contributed by atoms with E-state index in [1.807, 2.05) is 61.5 Å². The molecule has 0 radical (unpaired) electrons. The van der Waals surface area contributed by atoms with Crippen molar-refractivity contribution in [3.63, 3.8) is 0 Å². The minimum absolute atomic E-state index is 0.0399. The van der Waals surface area contributed by atoms with Crippen LogP contribution in [0.15, 0.2) is 67.0 Å². The Balaban J connectivity index is 1.33. The van der Waals surface area contributed by atoms with Crippen molar-refractivity contribution >= 4 is 33.7 Å². The first-order chi connectivity index (χ1) is 21.4. The second-order valence-electron chi connectivity index (χ2n) is 10.9. The molecule has 3 N–H and O–H groups in total. The number of hydrogen-bond donors (Lipinski definition) is 3. The minimum Gasteiger partial charge on any atom is -0.492 e. The van der Waals surface area contributed by atoms with E-state index < -0.39 is 0 Å². The first kappa shape index (κ1) is 28.9. The number of rotatable bonds is 11. The van der Waals surface area contributed by atoms with Crippen molar-refractivity contribution in [1.82, 2.24) is 35.0 Å². The maximum absolute atomic E-state index is 14.7. The molecule has 44 heavy (non-hydrogen) atoms. The van der Waals surface area contributed by atoms with Gasteiger partial charge in [-0.1, -0.05) is 25.5 Å². The van der Waals surface area contributed by atoms with Gasteiger partial charge < -0.3 is 19.9 Å². The molecule has 0 aliphatic heterocycles. The number of ether oxygens (including phenoxy) is 1. The number of hydrogen-bond acceptors (Lipinski definition) is 7. The summed E-state index contributed by atoms with van der Waals surface area (Å²) in [6, 6.07) is 16.1. The maximum atomic E-state index is 14.7. The van der Waals surface area contributed by atoms with Gasteiger partial charge in [0.2, 0.25) is 5.91 Å². The van der Waals surface area contributed by atoms with Crippen LogP contribution < -0.4 is 10.1 Å². The van der Waals surface area contributed by atoms with E-state index in [-0.39, 0.29) is 11.7 Å². The predicted molar refractivity (Wildman–Crippen MR) is 170 cm³/mol. The van der Waals surface area contributed by atoms with Crippen molar-refractivity contribution in [3.05, 3.63) is 72.8 Å². The fourth-order valence-corrected chi connectivity index (χ4v) is 4.96. The van der Waals surface area contributed by atoms with Crippen LogP contribution in [0.1, 0.15) is 26.2 Å². The van der Waals surface area contributed by atoms with Gasteiger partial charge in [0.15, 0.2) is 11.5 Å². The number of H-pyrrole nitrogens is 2. The smallest absolute Gasteiger partial charge is 0.224 e. The quantitative estimate of drug-likeness (QED) is 0.158. The molecule has 0 atom stereocenters. The van der Waals surface area contributed by atoms with E-state index >= 15 is 0 Å². The number of fused-ring (bicyclic) bond motifs is 2. The van der Waals surface area contributed by atoms with Crippen molar-refractivity contribution in [2.24, 2.45) is 0 Å². The third-order valence-corrected chi connectivity index (χ3v) is 7.21. The molecule has 0 aliphatic rings. The Bertz CT molecular complexity index is 1950. The molecule has 0 spiro atoms. The van der Waals surface area contributed by atoms with Gasteiger partial charge in [-0.25, -0.2) is 14.4 Å². The lowest BCUT2D eigenvalue weighted by atomic mass is 10.0. The molecule has 0 aliphatic carbocycles. The van der Waals surface area contributed by atoms with Crippen LogP contribution in [0.3, 0.4) is 0 Å². The van der Waals surface area contributed by atoms with Crippen LogP contribution in [-0.2, 0) is 4.79 Å². The third kappa shape index (κ3) is 6.28. The molecule has 4 aromatic heterocycles. The van der Waals surface area contributed by atoms with Gasteiger partial charge in [-0.3, -0.25) is 14.9 Å². The summed E-state index contributed by atoms with van der Waals surface area (Å²) in [4.78, 5) is 31.7. The predicted octanol–water partition coefficient (Wildman–Crippen LogP) is 6.44. The normalized spacial score (nSPS) is 11.5. The molecule has 4 heterocycles. The second kappa shape index (κ2) is 12.6. The topological polar surface area (TPSA) is 125 Å². The lowest BCUT2D eigenvalue weighted by Gasteiger charge is -2.12. The van der Waals surface area contributed by atoms with E-state index in [2.05, 4.69) is 32.4 Å². The molecule has 2 aromatic carbocycles. The maximum Gasteiger partial charge on any atom is 0.224 e. The van der Waals surface area contributed by atoms with Gasteiger partial charge in [-0.2, -0.15) is 5.10 Å². The van der Waals surface area contributed by atoms with E-state index in [0.29, 0.717) is 58.3 Å². The molecular weight excluding hydrogens is 559 g/mol. The number of anilines is 1. The summed E-state index contributed by atoms with van der Waals surface area (Å²) >= 11 is 0. The summed E-state index contributed by atoms with van der Waals surface area (Å²) < 4.78 is 20.5. The number of carbonyl (C=O) groups excluding carboxylic acids is 1. The molecule has 6 aromatic rings. The number of nitrogens with zero attached hydrogens (tertiary/aromatic N) is 5. The molecular formula is C33H33FN8O2. The summed E-state index contributed by atoms with van der Waals surface area (Å²) in [5.74, 6) is 0.562. The number of amides is 1. The average molecular weight is 593 g/mol. The number of para-hydroxylation sites is 1. The van der Waals surface area contributed by atoms with Gasteiger partial charge in [0.1, 0.15) is 23.7 Å². The number of benzene rings is 2. The van der Waals surface area contributed by atoms with E-state index in [9.17, 15) is 9.18 Å². The van der Waals surface area contributed by atoms with Crippen LogP contribution in [0.25, 0.3) is 56.0 Å². The Labute approximate surface area is 253 Å². The summed E-state index contributed by atoms with van der Waals surface area (Å²) in [5.41, 5.74) is 6.85. The van der Waals surface area contributed by atoms with Gasteiger partial charge in [0, 0.05) is 36.4 Å². The van der Waals surface area contributed by atoms with Crippen molar-refractivity contribution in [1.29, 1.82) is 0 Å². The molecule has 0 unspecified atom stereocenters. The second-order valence-corrected chi connectivity index (χ2v) is 10.9. The van der Waals surface area contributed by atoms with Crippen LogP contribution in [0, 0.1) is 5.82 Å². The summed E-state index contributed by atoms with van der Waals surface area (Å²) in [5, 5.41) is 10.5. The number of aromatic nitrogens is 6. The van der Waals surface area contributed by atoms with Crippen molar-refractivity contribution in [2.45, 2.75) is 26.2 Å². The third-order valence-electron chi connectivity index (χ3n) is 7.21. The number of imidazole rings is 1. The Morgan fingerprint density at radius 1 is 1.00 bits per heavy atom. The Morgan fingerprint density at radius 2 is 1.89 bits per heavy atom. The minimum atomic E-state index is -0.385. The van der Waals surface area contributed by atoms with Crippen LogP contribution in [0.4, 0.5) is 10.1 Å². The summed E-state index contributed by atoms with van der Waals surface area (Å²) in [7, 11) is 3.92. The summed E-state index contributed by atoms with van der Waals surface area (Å²) in [6.45, 7) is 3.21. The molecule has 224 valence electrons. The fraction of sp³-hybridized carbons (Fsp3) is 0.242. The van der Waals surface area contributed by atoms with Crippen molar-refractivity contribution in [3.8, 4) is 39.7 Å². The van der Waals surface area contributed by atoms with Gasteiger partial charge in [-0.05, 0) is 62.5 Å². The largest absolute Gasteiger partial charge is 0.492 e. The fourth-order valence-electron chi connectivity index (χ4n) is 4.96. The standard InChI is InChI=1S/C33H33FN8O2/c1-4-5-9-29(43)36-23-15-21(18-35-19-23)26-10-11-28-31(37-26)32(41-40-28)33-38-27-8-6-7-25(30(27)39-33)20-14-22(34)17-24(16-20)44-13-12-42(2)3/h6-8,10-11,14-19H,4-5,9,12-13H2,1-3H3,(H,36,43)(H,38,39)(H,40,41). The molecule has 0 fully saturated rings. The van der Waals surface area contributed by atoms with Gasteiger partial charge >= 0.3 is 0 Å². The van der Waals surface area contributed by atoms with Crippen molar-refractivity contribution in [2.75, 3.05) is 32.6 Å². The number of halogens is 1. The number of aromatic amines is 2. The monoisotopic (exact) mass is 592 g/mol. The lowest BCUT2D eigenvalue weighted by molar-refractivity contribution is -0.116. The van der Waals surface area contributed by atoms with Gasteiger partial charge in [0.05, 0.1) is 34.1 Å². The lowest BCUT2D eigenvalue weighted by Crippen LogP contribution is -2.19. The molecule has 0 bridgehead atoms. The van der Waals surface area contributed by atoms with Crippen LogP contribution in [0.2, 0.25) is 0 Å². The van der Waals surface area contributed by atoms with E-state index in [1.54, 1.807) is 12.4 Å². The number of unbranched alkanes of at least 4 members (excludes halogenated alkanes) is 1. The van der Waals surface area contributed by atoms with E-state index in [0.717, 1.165) is 41.5 Å². The number of likely N-dealkylation sites (N-methyl/N-ethyl adjacent to an activating group) is 1. The molecule has 0 saturated heterocycles. The molecule has 11 heteroatoms. The average Bonchev–Trinajstić information content (AvgIpc) is 3.63. The molecule has 10 nitrogen and oxygen atoms in total. The van der Waals surface area contributed by atoms with Gasteiger partial charge in [-0.15, -0.1) is 0 Å². The number of nitrogens with one attached hydrogen (secondary N) is 3.